The Morgan fingerprint density at radius 3 is 2.64 bits per heavy atom. The third-order valence-corrected chi connectivity index (χ3v) is 7.88. The first-order chi connectivity index (χ1) is 20.0. The maximum absolute atomic E-state index is 12.0. The lowest BCUT2D eigenvalue weighted by Gasteiger charge is -2.47. The number of primary amides is 1. The molecular weight excluding hydrogens is 564 g/mol. The smallest absolute Gasteiger partial charge is 0.407 e. The Bertz CT molecular complexity index is 1600. The van der Waals surface area contributed by atoms with Crippen LogP contribution in [0.2, 0.25) is 5.02 Å². The lowest BCUT2D eigenvalue weighted by atomic mass is 9.94. The molecule has 1 aliphatic rings. The van der Waals surface area contributed by atoms with Gasteiger partial charge in [0, 0.05) is 32.7 Å². The van der Waals surface area contributed by atoms with E-state index in [9.17, 15) is 25.2 Å². The van der Waals surface area contributed by atoms with Gasteiger partial charge in [-0.25, -0.2) is 9.78 Å². The predicted octanol–water partition coefficient (Wildman–Crippen LogP) is 2.06. The van der Waals surface area contributed by atoms with E-state index in [0.29, 0.717) is 54.5 Å². The van der Waals surface area contributed by atoms with Crippen molar-refractivity contribution in [3.8, 4) is 12.1 Å². The van der Waals surface area contributed by atoms with E-state index in [4.69, 9.17) is 17.3 Å². The second kappa shape index (κ2) is 12.3. The summed E-state index contributed by atoms with van der Waals surface area (Å²) in [6.07, 6.45) is 0.747. The molecule has 3 heterocycles. The number of fused-ring (bicyclic) bond motifs is 1. The van der Waals surface area contributed by atoms with Gasteiger partial charge in [-0.1, -0.05) is 11.6 Å². The number of nitrogens with zero attached hydrogens (tertiary/aromatic N) is 9. The number of amides is 2. The molecule has 1 aromatic carbocycles. The lowest BCUT2D eigenvalue weighted by Crippen LogP contribution is -2.62. The molecule has 0 bridgehead atoms. The van der Waals surface area contributed by atoms with E-state index in [0.717, 1.165) is 0 Å². The molecule has 0 aliphatic carbocycles. The number of rotatable bonds is 9. The van der Waals surface area contributed by atoms with Crippen LogP contribution in [0.15, 0.2) is 18.3 Å². The summed E-state index contributed by atoms with van der Waals surface area (Å²) in [5, 5.41) is 39.9. The van der Waals surface area contributed by atoms with E-state index in [1.165, 1.54) is 22.7 Å². The van der Waals surface area contributed by atoms with Crippen molar-refractivity contribution >= 4 is 52.4 Å². The van der Waals surface area contributed by atoms with Crippen LogP contribution in [-0.2, 0) is 4.79 Å². The largest absolute Gasteiger partial charge is 0.465 e. The number of carbonyl (C=O) groups is 2. The van der Waals surface area contributed by atoms with Crippen molar-refractivity contribution in [3.63, 3.8) is 0 Å². The first kappa shape index (κ1) is 30.1. The van der Waals surface area contributed by atoms with Gasteiger partial charge < -0.3 is 31.3 Å². The third kappa shape index (κ3) is 5.79. The minimum absolute atomic E-state index is 0.116. The molecule has 0 saturated carbocycles. The maximum atomic E-state index is 12.0. The zero-order chi connectivity index (χ0) is 30.7. The van der Waals surface area contributed by atoms with Crippen LogP contribution < -0.4 is 21.3 Å². The molecule has 15 nitrogen and oxygen atoms in total. The SMILES string of the molecule is CCNc1nc(Nc2cc(C#N)cc(N3CC[C@@H](N(C)C(=O)O)[C@@H](N(C)[C@@H](C)C(N)=O)C3)c2Cl)nn2c(C#N)cnc12. The molecule has 16 heteroatoms. The Hall–Kier alpha value is -4.86. The second-order valence-corrected chi connectivity index (χ2v) is 10.3. The molecule has 220 valence electrons. The van der Waals surface area contributed by atoms with Crippen molar-refractivity contribution < 1.29 is 14.7 Å². The van der Waals surface area contributed by atoms with E-state index < -0.39 is 30.1 Å². The monoisotopic (exact) mass is 594 g/mol. The molecular formula is C26H31ClN12O3. The highest BCUT2D eigenvalue weighted by molar-refractivity contribution is 6.36. The molecule has 2 aromatic heterocycles. The predicted molar refractivity (Wildman–Crippen MR) is 156 cm³/mol. The summed E-state index contributed by atoms with van der Waals surface area (Å²) < 4.78 is 1.36. The summed E-state index contributed by atoms with van der Waals surface area (Å²) in [5.41, 5.74) is 7.36. The van der Waals surface area contributed by atoms with E-state index in [1.807, 2.05) is 17.9 Å². The molecule has 3 aromatic rings. The van der Waals surface area contributed by atoms with Gasteiger partial charge >= 0.3 is 6.09 Å². The highest BCUT2D eigenvalue weighted by atomic mass is 35.5. The fourth-order valence-corrected chi connectivity index (χ4v) is 5.31. The van der Waals surface area contributed by atoms with Crippen molar-refractivity contribution in [3.05, 3.63) is 34.6 Å². The van der Waals surface area contributed by atoms with Crippen molar-refractivity contribution in [1.82, 2.24) is 29.4 Å². The third-order valence-electron chi connectivity index (χ3n) is 7.48. The van der Waals surface area contributed by atoms with Gasteiger partial charge in [0.2, 0.25) is 11.9 Å². The summed E-state index contributed by atoms with van der Waals surface area (Å²) in [6, 6.07) is 5.92. The fourth-order valence-electron chi connectivity index (χ4n) is 5.03. The molecule has 2 amide bonds. The van der Waals surface area contributed by atoms with Crippen molar-refractivity contribution in [2.45, 2.75) is 38.4 Å². The maximum Gasteiger partial charge on any atom is 0.407 e. The molecule has 3 atom stereocenters. The van der Waals surface area contributed by atoms with E-state index >= 15 is 0 Å². The molecule has 4 rings (SSSR count). The molecule has 0 unspecified atom stereocenters. The molecule has 1 fully saturated rings. The highest BCUT2D eigenvalue weighted by Gasteiger charge is 2.39. The number of piperidine rings is 1. The molecule has 1 saturated heterocycles. The highest BCUT2D eigenvalue weighted by Crippen LogP contribution is 2.38. The summed E-state index contributed by atoms with van der Waals surface area (Å²) in [7, 11) is 3.23. The zero-order valence-corrected chi connectivity index (χ0v) is 24.3. The van der Waals surface area contributed by atoms with Crippen LogP contribution in [0.4, 0.5) is 27.9 Å². The number of hydrogen-bond donors (Lipinski definition) is 4. The normalized spacial score (nSPS) is 17.4. The summed E-state index contributed by atoms with van der Waals surface area (Å²) in [6.45, 7) is 4.84. The van der Waals surface area contributed by atoms with E-state index in [1.54, 1.807) is 31.0 Å². The Morgan fingerprint density at radius 2 is 2.02 bits per heavy atom. The average Bonchev–Trinajstić information content (AvgIpc) is 3.40. The molecule has 1 aliphatic heterocycles. The van der Waals surface area contributed by atoms with Gasteiger partial charge in [0.05, 0.1) is 46.3 Å². The molecule has 0 radical (unpaired) electrons. The van der Waals surface area contributed by atoms with E-state index in [-0.39, 0.29) is 16.7 Å². The zero-order valence-electron chi connectivity index (χ0n) is 23.5. The van der Waals surface area contributed by atoms with Crippen LogP contribution in [0.25, 0.3) is 5.65 Å². The number of likely N-dealkylation sites (N-methyl/N-ethyl adjacent to an activating group) is 2. The first-order valence-electron chi connectivity index (χ1n) is 13.1. The van der Waals surface area contributed by atoms with Crippen LogP contribution in [0, 0.1) is 22.7 Å². The number of anilines is 4. The minimum atomic E-state index is -1.08. The number of imidazole rings is 1. The van der Waals surface area contributed by atoms with Crippen LogP contribution >= 0.6 is 11.6 Å². The van der Waals surface area contributed by atoms with Gasteiger partial charge in [0.25, 0.3) is 0 Å². The lowest BCUT2D eigenvalue weighted by molar-refractivity contribution is -0.123. The number of halogens is 1. The minimum Gasteiger partial charge on any atom is -0.465 e. The second-order valence-electron chi connectivity index (χ2n) is 9.91. The number of nitriles is 2. The van der Waals surface area contributed by atoms with Crippen molar-refractivity contribution in [2.24, 2.45) is 5.73 Å². The number of nitrogens with two attached hydrogens (primary N) is 1. The number of hydrogen-bond acceptors (Lipinski definition) is 11. The van der Waals surface area contributed by atoms with Crippen LogP contribution in [0.1, 0.15) is 31.5 Å². The Morgan fingerprint density at radius 1 is 1.29 bits per heavy atom. The molecule has 0 spiro atoms. The van der Waals surface area contributed by atoms with Crippen molar-refractivity contribution in [1.29, 1.82) is 10.5 Å². The number of carbonyl (C=O) groups excluding carboxylic acids is 1. The Kier molecular flexibility index (Phi) is 8.84. The number of carboxylic acid groups (broad SMARTS) is 1. The van der Waals surface area contributed by atoms with Gasteiger partial charge in [-0.15, -0.1) is 5.10 Å². The fraction of sp³-hybridized carbons (Fsp3) is 0.423. The summed E-state index contributed by atoms with van der Waals surface area (Å²) >= 11 is 6.92. The molecule has 5 N–H and O–H groups in total. The van der Waals surface area contributed by atoms with Gasteiger partial charge in [-0.3, -0.25) is 9.69 Å². The standard InChI is InChI=1S/C26H31ClN12O3/c1-5-31-23-24-32-12-16(11-29)39(24)35-25(34-23)33-17-8-15(10-28)9-19(21(17)27)38-7-6-18(37(4)26(41)42)20(13-38)36(3)14(2)22(30)40/h8-9,12,14,18,20H,5-7,13H2,1-4H3,(H2,30,40)(H,41,42)(H2,31,33,34,35)/t14-,18+,20-/m0/s1. The number of nitrogens with one attached hydrogen (secondary N) is 2. The summed E-state index contributed by atoms with van der Waals surface area (Å²) in [5.74, 6) is -0.0115. The van der Waals surface area contributed by atoms with Gasteiger partial charge in [0.15, 0.2) is 17.2 Å². The van der Waals surface area contributed by atoms with Gasteiger partial charge in [0.1, 0.15) is 6.07 Å². The Balaban J connectivity index is 1.73. The number of aromatic nitrogens is 4. The average molecular weight is 595 g/mol. The van der Waals surface area contributed by atoms with Gasteiger partial charge in [-0.05, 0) is 39.4 Å². The van der Waals surface area contributed by atoms with Gasteiger partial charge in [-0.2, -0.15) is 20.0 Å². The van der Waals surface area contributed by atoms with Crippen LogP contribution in [0.5, 0.6) is 0 Å². The molecule has 42 heavy (non-hydrogen) atoms. The topological polar surface area (TPSA) is 205 Å². The van der Waals surface area contributed by atoms with E-state index in [2.05, 4.69) is 31.8 Å². The van der Waals surface area contributed by atoms with Crippen LogP contribution in [0.3, 0.4) is 0 Å². The summed E-state index contributed by atoms with van der Waals surface area (Å²) in [4.78, 5) is 37.5. The quantitative estimate of drug-likeness (QED) is 0.281. The first-order valence-corrected chi connectivity index (χ1v) is 13.5. The Labute approximate surface area is 247 Å². The van der Waals surface area contributed by atoms with Crippen LogP contribution in [-0.4, -0.2) is 98.3 Å². The van der Waals surface area contributed by atoms with Crippen molar-refractivity contribution in [2.75, 3.05) is 49.3 Å². The number of benzene rings is 1.